The van der Waals surface area contributed by atoms with Crippen molar-refractivity contribution < 1.29 is 22.6 Å². The molecule has 0 N–H and O–H groups in total. The van der Waals surface area contributed by atoms with Gasteiger partial charge in [0.15, 0.2) is 11.5 Å². The van der Waals surface area contributed by atoms with Crippen LogP contribution in [0.25, 0.3) is 0 Å². The zero-order valence-corrected chi connectivity index (χ0v) is 16.0. The average molecular weight is 382 g/mol. The molecule has 2 saturated heterocycles. The summed E-state index contributed by atoms with van der Waals surface area (Å²) in [5.74, 6) is 1.55. The Bertz CT molecular complexity index is 763. The van der Waals surface area contributed by atoms with E-state index in [0.717, 1.165) is 36.3 Å². The summed E-state index contributed by atoms with van der Waals surface area (Å²) in [6.45, 7) is 5.41. The smallest absolute Gasteiger partial charge is 0.282 e. The van der Waals surface area contributed by atoms with E-state index in [2.05, 4.69) is 6.92 Å². The molecule has 0 bridgehead atoms. The van der Waals surface area contributed by atoms with Crippen LogP contribution in [0.3, 0.4) is 0 Å². The molecule has 0 aliphatic carbocycles. The number of rotatable bonds is 4. The van der Waals surface area contributed by atoms with Crippen LogP contribution < -0.4 is 9.47 Å². The minimum atomic E-state index is -3.42. The van der Waals surface area contributed by atoms with Crippen molar-refractivity contribution in [3.63, 3.8) is 0 Å². The molecule has 1 aromatic rings. The molecule has 0 radical (unpaired) electrons. The zero-order valence-electron chi connectivity index (χ0n) is 15.1. The topological polar surface area (TPSA) is 68.3 Å². The Balaban J connectivity index is 1.48. The minimum Gasteiger partial charge on any atom is -0.454 e. The van der Waals surface area contributed by atoms with E-state index in [9.17, 15) is 8.42 Å². The van der Waals surface area contributed by atoms with E-state index in [0.29, 0.717) is 39.4 Å². The van der Waals surface area contributed by atoms with Crippen molar-refractivity contribution in [3.8, 4) is 11.5 Å². The molecule has 1 atom stereocenters. The number of hydrogen-bond acceptors (Lipinski definition) is 5. The largest absolute Gasteiger partial charge is 0.454 e. The van der Waals surface area contributed by atoms with Crippen LogP contribution >= 0.6 is 0 Å². The van der Waals surface area contributed by atoms with Crippen molar-refractivity contribution >= 4 is 10.2 Å². The van der Waals surface area contributed by atoms with Crippen molar-refractivity contribution in [1.82, 2.24) is 8.61 Å². The fraction of sp³-hybridized carbons (Fsp3) is 0.667. The zero-order chi connectivity index (χ0) is 18.2. The van der Waals surface area contributed by atoms with Gasteiger partial charge >= 0.3 is 0 Å². The van der Waals surface area contributed by atoms with E-state index in [1.807, 2.05) is 18.2 Å². The maximum atomic E-state index is 13.0. The lowest BCUT2D eigenvalue weighted by molar-refractivity contribution is 0.0671. The van der Waals surface area contributed by atoms with Crippen molar-refractivity contribution in [2.24, 2.45) is 5.41 Å². The maximum Gasteiger partial charge on any atom is 0.282 e. The monoisotopic (exact) mass is 382 g/mol. The summed E-state index contributed by atoms with van der Waals surface area (Å²) in [7, 11) is -3.42. The molecular formula is C18H26N2O5S. The van der Waals surface area contributed by atoms with Crippen molar-refractivity contribution in [2.75, 3.05) is 46.2 Å². The van der Waals surface area contributed by atoms with E-state index in [1.54, 1.807) is 8.61 Å². The molecule has 3 heterocycles. The second-order valence-electron chi connectivity index (χ2n) is 7.63. The second kappa shape index (κ2) is 6.99. The number of hydrogen-bond donors (Lipinski definition) is 0. The third-order valence-corrected chi connectivity index (χ3v) is 7.42. The summed E-state index contributed by atoms with van der Waals surface area (Å²) >= 11 is 0. The molecule has 0 aromatic heterocycles. The first-order chi connectivity index (χ1) is 12.5. The van der Waals surface area contributed by atoms with Gasteiger partial charge in [-0.3, -0.25) is 0 Å². The Morgan fingerprint density at radius 3 is 2.65 bits per heavy atom. The molecule has 8 heteroatoms. The summed E-state index contributed by atoms with van der Waals surface area (Å²) in [6, 6.07) is 6.00. The van der Waals surface area contributed by atoms with Gasteiger partial charge in [-0.2, -0.15) is 17.0 Å². The van der Waals surface area contributed by atoms with Crippen LogP contribution in [0.4, 0.5) is 0 Å². The summed E-state index contributed by atoms with van der Waals surface area (Å²) in [5, 5.41) is 0. The Morgan fingerprint density at radius 2 is 1.85 bits per heavy atom. The van der Waals surface area contributed by atoms with Gasteiger partial charge in [0.25, 0.3) is 10.2 Å². The fourth-order valence-corrected chi connectivity index (χ4v) is 5.86. The number of morpholine rings is 1. The highest BCUT2D eigenvalue weighted by Crippen LogP contribution is 2.38. The fourth-order valence-electron chi connectivity index (χ4n) is 4.09. The van der Waals surface area contributed by atoms with Gasteiger partial charge in [0.05, 0.1) is 13.2 Å². The molecule has 0 amide bonds. The molecular weight excluding hydrogens is 356 g/mol. The SMILES string of the molecule is C[C@@]1(Cc2ccc3c(c2)OCO3)CCCN(S(=O)(=O)N2CCOCC2)C1. The van der Waals surface area contributed by atoms with Gasteiger partial charge in [0.1, 0.15) is 0 Å². The van der Waals surface area contributed by atoms with E-state index < -0.39 is 10.2 Å². The van der Waals surface area contributed by atoms with Crippen LogP contribution in [-0.4, -0.2) is 63.2 Å². The lowest BCUT2D eigenvalue weighted by Gasteiger charge is -2.42. The first kappa shape index (κ1) is 18.0. The highest BCUT2D eigenvalue weighted by molar-refractivity contribution is 7.86. The summed E-state index contributed by atoms with van der Waals surface area (Å²) in [5.41, 5.74) is 1.06. The van der Waals surface area contributed by atoms with E-state index >= 15 is 0 Å². The van der Waals surface area contributed by atoms with Gasteiger partial charge in [-0.05, 0) is 42.4 Å². The number of fused-ring (bicyclic) bond motifs is 1. The molecule has 7 nitrogen and oxygen atoms in total. The number of piperidine rings is 1. The number of benzene rings is 1. The Labute approximate surface area is 155 Å². The first-order valence-corrected chi connectivity index (χ1v) is 10.6. The lowest BCUT2D eigenvalue weighted by Crippen LogP contribution is -2.53. The summed E-state index contributed by atoms with van der Waals surface area (Å²) in [6.07, 6.45) is 2.71. The van der Waals surface area contributed by atoms with Gasteiger partial charge in [-0.25, -0.2) is 0 Å². The van der Waals surface area contributed by atoms with Gasteiger partial charge in [0, 0.05) is 26.2 Å². The Morgan fingerprint density at radius 1 is 1.08 bits per heavy atom. The van der Waals surface area contributed by atoms with Crippen LogP contribution in [0.2, 0.25) is 0 Å². The molecule has 2 fully saturated rings. The Kier molecular flexibility index (Phi) is 4.85. The van der Waals surface area contributed by atoms with Crippen molar-refractivity contribution in [1.29, 1.82) is 0 Å². The van der Waals surface area contributed by atoms with E-state index in [4.69, 9.17) is 14.2 Å². The molecule has 4 rings (SSSR count). The van der Waals surface area contributed by atoms with Gasteiger partial charge in [-0.15, -0.1) is 0 Å². The molecule has 3 aliphatic rings. The van der Waals surface area contributed by atoms with Gasteiger partial charge < -0.3 is 14.2 Å². The molecule has 144 valence electrons. The minimum absolute atomic E-state index is 0.0920. The Hall–Kier alpha value is -1.35. The lowest BCUT2D eigenvalue weighted by atomic mass is 9.77. The molecule has 26 heavy (non-hydrogen) atoms. The normalized spacial score (nSPS) is 27.6. The van der Waals surface area contributed by atoms with E-state index in [-0.39, 0.29) is 12.2 Å². The summed E-state index contributed by atoms with van der Waals surface area (Å²) < 4.78 is 45.3. The molecule has 1 aromatic carbocycles. The average Bonchev–Trinajstić information content (AvgIpc) is 3.10. The van der Waals surface area contributed by atoms with Crippen LogP contribution in [0.15, 0.2) is 18.2 Å². The predicted octanol–water partition coefficient (Wildman–Crippen LogP) is 1.64. The second-order valence-corrected chi connectivity index (χ2v) is 9.56. The van der Waals surface area contributed by atoms with Crippen LogP contribution in [0.1, 0.15) is 25.3 Å². The molecule has 0 saturated carbocycles. The van der Waals surface area contributed by atoms with Gasteiger partial charge in [-0.1, -0.05) is 13.0 Å². The third-order valence-electron chi connectivity index (χ3n) is 5.44. The molecule has 3 aliphatic heterocycles. The first-order valence-electron chi connectivity index (χ1n) is 9.18. The molecule has 0 unspecified atom stereocenters. The van der Waals surface area contributed by atoms with E-state index in [1.165, 1.54) is 0 Å². The van der Waals surface area contributed by atoms with Crippen LogP contribution in [0.5, 0.6) is 11.5 Å². The van der Waals surface area contributed by atoms with Gasteiger partial charge in [0.2, 0.25) is 6.79 Å². The highest BCUT2D eigenvalue weighted by atomic mass is 32.2. The van der Waals surface area contributed by atoms with Crippen LogP contribution in [-0.2, 0) is 21.4 Å². The predicted molar refractivity (Wildman–Crippen MR) is 96.5 cm³/mol. The maximum absolute atomic E-state index is 13.0. The third kappa shape index (κ3) is 3.55. The van der Waals surface area contributed by atoms with Crippen molar-refractivity contribution in [3.05, 3.63) is 23.8 Å². The van der Waals surface area contributed by atoms with Crippen molar-refractivity contribution in [2.45, 2.75) is 26.2 Å². The standard InChI is InChI=1S/C18H26N2O5S/c1-18(12-15-3-4-16-17(11-15)25-14-24-16)5-2-6-20(13-18)26(21,22)19-7-9-23-10-8-19/h3-4,11H,2,5-10,12-14H2,1H3/t18-/m0/s1. The highest BCUT2D eigenvalue weighted by Gasteiger charge is 2.39. The number of ether oxygens (including phenoxy) is 3. The quantitative estimate of drug-likeness (QED) is 0.792. The summed E-state index contributed by atoms with van der Waals surface area (Å²) in [4.78, 5) is 0. The molecule has 0 spiro atoms. The number of nitrogens with zero attached hydrogens (tertiary/aromatic N) is 2. The van der Waals surface area contributed by atoms with Crippen LogP contribution in [0, 0.1) is 5.41 Å².